The van der Waals surface area contributed by atoms with Crippen LogP contribution in [0.3, 0.4) is 0 Å². The van der Waals surface area contributed by atoms with E-state index in [0.29, 0.717) is 35.2 Å². The second-order valence-electron chi connectivity index (χ2n) is 6.02. The topological polar surface area (TPSA) is 117 Å². The first-order valence-electron chi connectivity index (χ1n) is 8.89. The number of nitrogens with zero attached hydrogens (tertiary/aromatic N) is 2. The molecule has 0 radical (unpaired) electrons. The molecule has 158 valence electrons. The summed E-state index contributed by atoms with van der Waals surface area (Å²) in [4.78, 5) is 12.3. The van der Waals surface area contributed by atoms with Crippen LogP contribution in [-0.2, 0) is 6.42 Å². The summed E-state index contributed by atoms with van der Waals surface area (Å²) >= 11 is 0. The fourth-order valence-corrected chi connectivity index (χ4v) is 2.71. The quantitative estimate of drug-likeness (QED) is 0.576. The van der Waals surface area contributed by atoms with E-state index in [1.54, 1.807) is 19.2 Å². The summed E-state index contributed by atoms with van der Waals surface area (Å²) in [6, 6.07) is 10.1. The number of nitrogens with one attached hydrogen (secondary N) is 2. The van der Waals surface area contributed by atoms with E-state index in [2.05, 4.69) is 20.8 Å². The third kappa shape index (κ3) is 4.90. The van der Waals surface area contributed by atoms with Gasteiger partial charge in [-0.05, 0) is 17.7 Å². The van der Waals surface area contributed by atoms with Crippen LogP contribution in [0.4, 0.5) is 16.5 Å². The van der Waals surface area contributed by atoms with E-state index in [0.717, 1.165) is 11.3 Å². The Balaban J connectivity index is 1.64. The average molecular weight is 414 g/mol. The van der Waals surface area contributed by atoms with Gasteiger partial charge in [0, 0.05) is 12.1 Å². The highest BCUT2D eigenvalue weighted by Crippen LogP contribution is 2.39. The molecule has 0 bridgehead atoms. The van der Waals surface area contributed by atoms with Crippen LogP contribution in [0, 0.1) is 0 Å². The number of anilines is 2. The number of ether oxygens (including phenoxy) is 4. The van der Waals surface area contributed by atoms with Gasteiger partial charge >= 0.3 is 12.0 Å². The third-order valence-electron chi connectivity index (χ3n) is 4.12. The van der Waals surface area contributed by atoms with Gasteiger partial charge in [0.25, 0.3) is 0 Å². The normalized spacial score (nSPS) is 10.3. The third-order valence-corrected chi connectivity index (χ3v) is 4.12. The van der Waals surface area contributed by atoms with Crippen LogP contribution in [0.5, 0.6) is 23.0 Å². The number of hydrogen-bond donors (Lipinski definition) is 2. The van der Waals surface area contributed by atoms with Crippen LogP contribution in [-0.4, -0.2) is 44.7 Å². The summed E-state index contributed by atoms with van der Waals surface area (Å²) in [5.74, 6) is 2.36. The van der Waals surface area contributed by atoms with Crippen molar-refractivity contribution in [1.29, 1.82) is 0 Å². The van der Waals surface area contributed by atoms with Crippen molar-refractivity contribution in [2.45, 2.75) is 6.42 Å². The molecule has 10 heteroatoms. The van der Waals surface area contributed by atoms with Gasteiger partial charge in [0.2, 0.25) is 11.6 Å². The summed E-state index contributed by atoms with van der Waals surface area (Å²) in [6.07, 6.45) is 0.424. The molecule has 2 amide bonds. The molecule has 2 aromatic carbocycles. The first-order valence-corrected chi connectivity index (χ1v) is 8.89. The molecule has 10 nitrogen and oxygen atoms in total. The zero-order chi connectivity index (χ0) is 21.5. The molecule has 1 heterocycles. The van der Waals surface area contributed by atoms with E-state index in [9.17, 15) is 4.79 Å². The predicted molar refractivity (Wildman–Crippen MR) is 109 cm³/mol. The lowest BCUT2D eigenvalue weighted by atomic mass is 10.1. The average Bonchev–Trinajstić information content (AvgIpc) is 3.19. The molecule has 0 spiro atoms. The number of amides is 2. The number of carbonyl (C=O) groups excluding carboxylic acids is 1. The monoisotopic (exact) mass is 414 g/mol. The minimum Gasteiger partial charge on any atom is -0.497 e. The largest absolute Gasteiger partial charge is 0.497 e. The number of benzene rings is 2. The standard InChI is InChI=1S/C20H22N4O6/c1-26-14-7-5-12(6-8-14)9-17-23-24-20(30-17)22-19(25)21-13-10-15(27-2)18(29-4)16(11-13)28-3/h5-8,10-11H,9H2,1-4H3,(H2,21,22,24,25). The van der Waals surface area contributed by atoms with Gasteiger partial charge in [0.05, 0.1) is 40.5 Å². The number of methoxy groups -OCH3 is 4. The Hall–Kier alpha value is -3.95. The minimum atomic E-state index is -0.566. The van der Waals surface area contributed by atoms with Crippen molar-refractivity contribution in [2.24, 2.45) is 0 Å². The summed E-state index contributed by atoms with van der Waals surface area (Å²) in [5.41, 5.74) is 1.40. The fourth-order valence-electron chi connectivity index (χ4n) is 2.71. The molecule has 0 saturated carbocycles. The Morgan fingerprint density at radius 1 is 0.900 bits per heavy atom. The minimum absolute atomic E-state index is 0.0246. The molecule has 0 saturated heterocycles. The van der Waals surface area contributed by atoms with Gasteiger partial charge < -0.3 is 28.7 Å². The van der Waals surface area contributed by atoms with E-state index >= 15 is 0 Å². The van der Waals surface area contributed by atoms with Crippen molar-refractivity contribution >= 4 is 17.7 Å². The molecular formula is C20H22N4O6. The lowest BCUT2D eigenvalue weighted by Crippen LogP contribution is -2.19. The van der Waals surface area contributed by atoms with Crippen LogP contribution in [0.25, 0.3) is 0 Å². The number of aromatic nitrogens is 2. The van der Waals surface area contributed by atoms with Gasteiger partial charge in [0.15, 0.2) is 11.5 Å². The molecule has 0 unspecified atom stereocenters. The molecule has 3 rings (SSSR count). The van der Waals surface area contributed by atoms with E-state index < -0.39 is 6.03 Å². The molecule has 2 N–H and O–H groups in total. The molecular weight excluding hydrogens is 392 g/mol. The maximum atomic E-state index is 12.3. The lowest BCUT2D eigenvalue weighted by Gasteiger charge is -2.14. The smallest absolute Gasteiger partial charge is 0.327 e. The van der Waals surface area contributed by atoms with Crippen molar-refractivity contribution in [2.75, 3.05) is 39.1 Å². The highest BCUT2D eigenvalue weighted by molar-refractivity contribution is 5.98. The lowest BCUT2D eigenvalue weighted by molar-refractivity contribution is 0.261. The summed E-state index contributed by atoms with van der Waals surface area (Å²) < 4.78 is 26.4. The number of urea groups is 1. The fraction of sp³-hybridized carbons (Fsp3) is 0.250. The molecule has 0 aliphatic rings. The van der Waals surface area contributed by atoms with Crippen molar-refractivity contribution in [1.82, 2.24) is 10.2 Å². The maximum Gasteiger partial charge on any atom is 0.327 e. The van der Waals surface area contributed by atoms with Crippen molar-refractivity contribution < 1.29 is 28.2 Å². The molecule has 0 aliphatic heterocycles. The van der Waals surface area contributed by atoms with E-state index in [1.165, 1.54) is 21.3 Å². The van der Waals surface area contributed by atoms with Crippen LogP contribution in [0.1, 0.15) is 11.5 Å². The SMILES string of the molecule is COc1ccc(Cc2nnc(NC(=O)Nc3cc(OC)c(OC)c(OC)c3)o2)cc1. The molecule has 3 aromatic rings. The Bertz CT molecular complexity index is 978. The summed E-state index contributed by atoms with van der Waals surface area (Å²) in [5, 5.41) is 12.9. The summed E-state index contributed by atoms with van der Waals surface area (Å²) in [7, 11) is 6.08. The molecule has 0 aliphatic carbocycles. The Morgan fingerprint density at radius 2 is 1.57 bits per heavy atom. The second kappa shape index (κ2) is 9.50. The van der Waals surface area contributed by atoms with Crippen molar-refractivity contribution in [3.63, 3.8) is 0 Å². The van der Waals surface area contributed by atoms with E-state index in [-0.39, 0.29) is 6.01 Å². The summed E-state index contributed by atoms with van der Waals surface area (Å²) in [6.45, 7) is 0. The highest BCUT2D eigenvalue weighted by atomic mass is 16.5. The van der Waals surface area contributed by atoms with Gasteiger partial charge in [-0.3, -0.25) is 5.32 Å². The Morgan fingerprint density at radius 3 is 2.13 bits per heavy atom. The van der Waals surface area contributed by atoms with Gasteiger partial charge in [-0.2, -0.15) is 0 Å². The zero-order valence-electron chi connectivity index (χ0n) is 17.0. The van der Waals surface area contributed by atoms with Crippen LogP contribution in [0.2, 0.25) is 0 Å². The van der Waals surface area contributed by atoms with E-state index in [4.69, 9.17) is 23.4 Å². The Kier molecular flexibility index (Phi) is 6.58. The molecule has 0 atom stereocenters. The van der Waals surface area contributed by atoms with Crippen LogP contribution in [0.15, 0.2) is 40.8 Å². The van der Waals surface area contributed by atoms with Gasteiger partial charge in [0.1, 0.15) is 5.75 Å². The zero-order valence-corrected chi connectivity index (χ0v) is 17.0. The van der Waals surface area contributed by atoms with E-state index in [1.807, 2.05) is 24.3 Å². The first-order chi connectivity index (χ1) is 14.6. The number of carbonyl (C=O) groups is 1. The van der Waals surface area contributed by atoms with Gasteiger partial charge in [-0.1, -0.05) is 17.2 Å². The highest BCUT2D eigenvalue weighted by Gasteiger charge is 2.16. The predicted octanol–water partition coefficient (Wildman–Crippen LogP) is 3.34. The van der Waals surface area contributed by atoms with Crippen LogP contribution >= 0.6 is 0 Å². The molecule has 0 fully saturated rings. The maximum absolute atomic E-state index is 12.3. The van der Waals surface area contributed by atoms with Crippen molar-refractivity contribution in [3.05, 3.63) is 47.9 Å². The van der Waals surface area contributed by atoms with Crippen LogP contribution < -0.4 is 29.6 Å². The first kappa shape index (κ1) is 20.8. The number of hydrogen-bond acceptors (Lipinski definition) is 8. The number of rotatable bonds is 8. The Labute approximate surface area is 173 Å². The van der Waals surface area contributed by atoms with Crippen molar-refractivity contribution in [3.8, 4) is 23.0 Å². The van der Waals surface area contributed by atoms with Gasteiger partial charge in [-0.25, -0.2) is 4.79 Å². The molecule has 1 aromatic heterocycles. The molecule has 30 heavy (non-hydrogen) atoms. The van der Waals surface area contributed by atoms with Gasteiger partial charge in [-0.15, -0.1) is 5.10 Å². The second-order valence-corrected chi connectivity index (χ2v) is 6.02.